The second-order valence-corrected chi connectivity index (χ2v) is 5.30. The number of nitrogens with zero attached hydrogens (tertiary/aromatic N) is 3. The molecular formula is C14H21N3O2. The van der Waals surface area contributed by atoms with Crippen LogP contribution in [0.1, 0.15) is 30.5 Å². The summed E-state index contributed by atoms with van der Waals surface area (Å²) < 4.78 is 5.51. The highest BCUT2D eigenvalue weighted by molar-refractivity contribution is 5.49. The third kappa shape index (κ3) is 2.72. The van der Waals surface area contributed by atoms with E-state index >= 15 is 0 Å². The van der Waals surface area contributed by atoms with Crippen LogP contribution in [-0.2, 0) is 17.6 Å². The van der Waals surface area contributed by atoms with Crippen LogP contribution in [0.4, 0.5) is 5.82 Å². The molecule has 1 unspecified atom stereocenters. The summed E-state index contributed by atoms with van der Waals surface area (Å²) in [5.74, 6) is 1.06. The van der Waals surface area contributed by atoms with E-state index in [1.54, 1.807) is 6.33 Å². The molecule has 19 heavy (non-hydrogen) atoms. The summed E-state index contributed by atoms with van der Waals surface area (Å²) in [5, 5.41) is 9.25. The smallest absolute Gasteiger partial charge is 0.135 e. The Kier molecular flexibility index (Phi) is 3.94. The monoisotopic (exact) mass is 263 g/mol. The maximum atomic E-state index is 9.25. The van der Waals surface area contributed by atoms with Crippen LogP contribution in [0.25, 0.3) is 0 Å². The van der Waals surface area contributed by atoms with Gasteiger partial charge in [0.2, 0.25) is 0 Å². The lowest BCUT2D eigenvalue weighted by molar-refractivity contribution is 0.00331. The highest BCUT2D eigenvalue weighted by Crippen LogP contribution is 2.27. The molecule has 2 aliphatic rings. The number of hydrogen-bond acceptors (Lipinski definition) is 5. The normalized spacial score (nSPS) is 23.8. The van der Waals surface area contributed by atoms with Gasteiger partial charge in [0.25, 0.3) is 0 Å². The summed E-state index contributed by atoms with van der Waals surface area (Å²) in [4.78, 5) is 11.2. The standard InChI is InChI=1S/C14H21N3O2/c18-9-11-8-17(6-7-19-11)14-12-4-2-1-3-5-13(12)15-10-16-14/h10-11,18H,1-9H2. The van der Waals surface area contributed by atoms with Crippen LogP contribution in [0.2, 0.25) is 0 Å². The van der Waals surface area contributed by atoms with Crippen LogP contribution in [-0.4, -0.2) is 47.5 Å². The minimum atomic E-state index is -0.0925. The molecule has 0 radical (unpaired) electrons. The number of ether oxygens (including phenoxy) is 1. The third-order valence-corrected chi connectivity index (χ3v) is 3.99. The van der Waals surface area contributed by atoms with Crippen molar-refractivity contribution < 1.29 is 9.84 Å². The van der Waals surface area contributed by atoms with Gasteiger partial charge >= 0.3 is 0 Å². The fourth-order valence-electron chi connectivity index (χ4n) is 2.98. The first-order valence-electron chi connectivity index (χ1n) is 7.18. The molecule has 1 aromatic heterocycles. The van der Waals surface area contributed by atoms with E-state index in [2.05, 4.69) is 14.9 Å². The van der Waals surface area contributed by atoms with Crippen LogP contribution >= 0.6 is 0 Å². The molecule has 1 fully saturated rings. The number of rotatable bonds is 2. The van der Waals surface area contributed by atoms with Crippen molar-refractivity contribution >= 4 is 5.82 Å². The molecule has 1 atom stereocenters. The van der Waals surface area contributed by atoms with E-state index in [0.717, 1.165) is 31.7 Å². The van der Waals surface area contributed by atoms with Crippen LogP contribution in [0, 0.1) is 0 Å². The topological polar surface area (TPSA) is 58.5 Å². The number of anilines is 1. The average Bonchev–Trinajstić information content (AvgIpc) is 2.72. The Morgan fingerprint density at radius 1 is 1.26 bits per heavy atom. The summed E-state index contributed by atoms with van der Waals surface area (Å²) in [6, 6.07) is 0. The Bertz CT molecular complexity index is 439. The van der Waals surface area contributed by atoms with Gasteiger partial charge in [0.05, 0.1) is 19.3 Å². The molecule has 1 aliphatic carbocycles. The Morgan fingerprint density at radius 3 is 3.05 bits per heavy atom. The quantitative estimate of drug-likeness (QED) is 0.805. The minimum absolute atomic E-state index is 0.0732. The molecule has 5 nitrogen and oxygen atoms in total. The van der Waals surface area contributed by atoms with Crippen molar-refractivity contribution in [3.8, 4) is 0 Å². The van der Waals surface area contributed by atoms with E-state index in [1.165, 1.54) is 30.5 Å². The number of aliphatic hydroxyl groups is 1. The molecule has 3 rings (SSSR count). The van der Waals surface area contributed by atoms with Crippen molar-refractivity contribution in [1.82, 2.24) is 9.97 Å². The Morgan fingerprint density at radius 2 is 2.16 bits per heavy atom. The van der Waals surface area contributed by atoms with Gasteiger partial charge in [-0.2, -0.15) is 0 Å². The molecule has 0 bridgehead atoms. The maximum absolute atomic E-state index is 9.25. The van der Waals surface area contributed by atoms with Crippen molar-refractivity contribution in [3.63, 3.8) is 0 Å². The lowest BCUT2D eigenvalue weighted by atomic mass is 10.1. The summed E-state index contributed by atoms with van der Waals surface area (Å²) in [5.41, 5.74) is 2.54. The number of morpholine rings is 1. The molecule has 1 aliphatic heterocycles. The number of hydrogen-bond donors (Lipinski definition) is 1. The highest BCUT2D eigenvalue weighted by atomic mass is 16.5. The lowest BCUT2D eigenvalue weighted by Crippen LogP contribution is -2.45. The lowest BCUT2D eigenvalue weighted by Gasteiger charge is -2.34. The second kappa shape index (κ2) is 5.84. The first kappa shape index (κ1) is 12.8. The molecule has 0 aromatic carbocycles. The molecule has 1 N–H and O–H groups in total. The van der Waals surface area contributed by atoms with Gasteiger partial charge in [-0.1, -0.05) is 6.42 Å². The largest absolute Gasteiger partial charge is 0.394 e. The number of aromatic nitrogens is 2. The van der Waals surface area contributed by atoms with E-state index in [9.17, 15) is 5.11 Å². The average molecular weight is 263 g/mol. The van der Waals surface area contributed by atoms with Crippen molar-refractivity contribution in [3.05, 3.63) is 17.6 Å². The molecule has 5 heteroatoms. The molecule has 2 heterocycles. The van der Waals surface area contributed by atoms with Gasteiger partial charge in [0.1, 0.15) is 12.1 Å². The Balaban J connectivity index is 1.87. The molecule has 1 aromatic rings. The first-order valence-corrected chi connectivity index (χ1v) is 7.18. The zero-order valence-electron chi connectivity index (χ0n) is 11.2. The number of fused-ring (bicyclic) bond motifs is 1. The van der Waals surface area contributed by atoms with Crippen LogP contribution in [0.5, 0.6) is 0 Å². The summed E-state index contributed by atoms with van der Waals surface area (Å²) >= 11 is 0. The molecule has 0 spiro atoms. The zero-order valence-corrected chi connectivity index (χ0v) is 11.2. The van der Waals surface area contributed by atoms with E-state index in [1.807, 2.05) is 0 Å². The van der Waals surface area contributed by atoms with E-state index in [-0.39, 0.29) is 12.7 Å². The van der Waals surface area contributed by atoms with E-state index in [0.29, 0.717) is 6.61 Å². The SMILES string of the molecule is OCC1CN(c2ncnc3c2CCCCC3)CCO1. The summed E-state index contributed by atoms with van der Waals surface area (Å²) in [6.45, 7) is 2.30. The molecule has 104 valence electrons. The van der Waals surface area contributed by atoms with Gasteiger partial charge in [-0.15, -0.1) is 0 Å². The molecule has 0 amide bonds. The van der Waals surface area contributed by atoms with Gasteiger partial charge in [0.15, 0.2) is 0 Å². The van der Waals surface area contributed by atoms with Crippen molar-refractivity contribution in [1.29, 1.82) is 0 Å². The van der Waals surface area contributed by atoms with Gasteiger partial charge in [-0.25, -0.2) is 9.97 Å². The van der Waals surface area contributed by atoms with Crippen molar-refractivity contribution in [2.24, 2.45) is 0 Å². The van der Waals surface area contributed by atoms with Gasteiger partial charge in [-0.05, 0) is 25.7 Å². The van der Waals surface area contributed by atoms with Crippen LogP contribution in [0.15, 0.2) is 6.33 Å². The molecule has 1 saturated heterocycles. The Hall–Kier alpha value is -1.20. The van der Waals surface area contributed by atoms with Gasteiger partial charge in [-0.3, -0.25) is 0 Å². The molecular weight excluding hydrogens is 242 g/mol. The fraction of sp³-hybridized carbons (Fsp3) is 0.714. The van der Waals surface area contributed by atoms with Crippen LogP contribution in [0.3, 0.4) is 0 Å². The Labute approximate surface area is 113 Å². The van der Waals surface area contributed by atoms with Crippen molar-refractivity contribution in [2.45, 2.75) is 38.2 Å². The van der Waals surface area contributed by atoms with Gasteiger partial charge < -0.3 is 14.7 Å². The first-order chi connectivity index (χ1) is 9.38. The molecule has 0 saturated carbocycles. The minimum Gasteiger partial charge on any atom is -0.394 e. The number of aryl methyl sites for hydroxylation is 1. The predicted octanol–water partition coefficient (Wildman–Crippen LogP) is 0.943. The summed E-state index contributed by atoms with van der Waals surface area (Å²) in [7, 11) is 0. The van der Waals surface area contributed by atoms with E-state index < -0.39 is 0 Å². The number of aliphatic hydroxyl groups excluding tert-OH is 1. The van der Waals surface area contributed by atoms with Crippen molar-refractivity contribution in [2.75, 3.05) is 31.2 Å². The highest BCUT2D eigenvalue weighted by Gasteiger charge is 2.24. The zero-order chi connectivity index (χ0) is 13.1. The summed E-state index contributed by atoms with van der Waals surface area (Å²) in [6.07, 6.45) is 7.46. The fourth-order valence-corrected chi connectivity index (χ4v) is 2.98. The third-order valence-electron chi connectivity index (χ3n) is 3.99. The predicted molar refractivity (Wildman–Crippen MR) is 72.3 cm³/mol. The van der Waals surface area contributed by atoms with Gasteiger partial charge in [0, 0.05) is 24.3 Å². The van der Waals surface area contributed by atoms with E-state index in [4.69, 9.17) is 4.74 Å². The van der Waals surface area contributed by atoms with Crippen LogP contribution < -0.4 is 4.90 Å². The second-order valence-electron chi connectivity index (χ2n) is 5.30. The maximum Gasteiger partial charge on any atom is 0.135 e.